The molecule has 2 aliphatic rings. The number of esters is 5. The number of carbonyl (C=O) groups excluding carboxylic acids is 6. The number of rotatable bonds is 11. The third-order valence-electron chi connectivity index (χ3n) is 6.40. The van der Waals surface area contributed by atoms with Crippen molar-refractivity contribution in [2.45, 2.75) is 115 Å². The van der Waals surface area contributed by atoms with Crippen molar-refractivity contribution in [3.63, 3.8) is 0 Å². The summed E-state index contributed by atoms with van der Waals surface area (Å²) in [5.41, 5.74) is 0. The van der Waals surface area contributed by atoms with Gasteiger partial charge in [0.25, 0.3) is 5.79 Å². The second kappa shape index (κ2) is 14.9. The van der Waals surface area contributed by atoms with Gasteiger partial charge in [0.1, 0.15) is 18.8 Å². The van der Waals surface area contributed by atoms with Gasteiger partial charge in [-0.25, -0.2) is 4.79 Å². The Balaban J connectivity index is 2.70. The van der Waals surface area contributed by atoms with Crippen LogP contribution in [0.5, 0.6) is 0 Å². The molecule has 14 nitrogen and oxygen atoms in total. The third-order valence-corrected chi connectivity index (χ3v) is 6.40. The minimum atomic E-state index is -2.16. The molecular weight excluding hydrogens is 534 g/mol. The Morgan fingerprint density at radius 2 is 1.50 bits per heavy atom. The molecular formula is C26H39NO13. The van der Waals surface area contributed by atoms with Crippen LogP contribution in [-0.4, -0.2) is 91.8 Å². The van der Waals surface area contributed by atoms with E-state index in [1.54, 1.807) is 0 Å². The van der Waals surface area contributed by atoms with E-state index < -0.39 is 84.7 Å². The fraction of sp³-hybridized carbons (Fsp3) is 0.769. The standard InChI is InChI=1S/C26H39NO13/c1-14(28)27-22-20(36-16(3)30)12-26(25(33)34-6,39-19-10-8-7-9-11-19)40-24(22)23(38-18(5)32)21(37-17(4)31)13-35-15(2)29/h19-24H,7-13H2,1-6H3,(H,27,28)/t20-,21+,22+,23+,24+,26-/m0/s1. The number of carbonyl (C=O) groups is 6. The van der Waals surface area contributed by atoms with Crippen LogP contribution in [0.25, 0.3) is 0 Å². The van der Waals surface area contributed by atoms with E-state index in [1.165, 1.54) is 6.92 Å². The summed E-state index contributed by atoms with van der Waals surface area (Å²) < 4.78 is 39.0. The first-order valence-corrected chi connectivity index (χ1v) is 13.1. The van der Waals surface area contributed by atoms with E-state index in [4.69, 9.17) is 33.2 Å². The Hall–Kier alpha value is -3.26. The third kappa shape index (κ3) is 9.44. The molecule has 1 aliphatic carbocycles. The molecule has 1 saturated heterocycles. The number of ether oxygens (including phenoxy) is 7. The molecule has 1 saturated carbocycles. The SMILES string of the molecule is COC(=O)[C@]1(OC2CCCCC2)C[C@H](OC(C)=O)[C@@H](NC(C)=O)[C@H]([C@H](OC(C)=O)[C@@H](COC(C)=O)OC(C)=O)O1. The Morgan fingerprint density at radius 3 is 2.00 bits per heavy atom. The van der Waals surface area contributed by atoms with Crippen LogP contribution in [0.15, 0.2) is 0 Å². The van der Waals surface area contributed by atoms with E-state index in [-0.39, 0.29) is 6.42 Å². The van der Waals surface area contributed by atoms with Crippen molar-refractivity contribution in [1.29, 1.82) is 0 Å². The van der Waals surface area contributed by atoms with Gasteiger partial charge in [0, 0.05) is 34.6 Å². The molecule has 0 bridgehead atoms. The molecule has 1 N–H and O–H groups in total. The second-order valence-corrected chi connectivity index (χ2v) is 9.81. The highest BCUT2D eigenvalue weighted by atomic mass is 16.7. The molecule has 40 heavy (non-hydrogen) atoms. The van der Waals surface area contributed by atoms with Gasteiger partial charge in [-0.2, -0.15) is 0 Å². The Morgan fingerprint density at radius 1 is 0.875 bits per heavy atom. The van der Waals surface area contributed by atoms with Gasteiger partial charge in [0.05, 0.1) is 25.7 Å². The van der Waals surface area contributed by atoms with Crippen molar-refractivity contribution in [3.05, 3.63) is 0 Å². The predicted molar refractivity (Wildman–Crippen MR) is 133 cm³/mol. The first-order chi connectivity index (χ1) is 18.8. The number of nitrogens with one attached hydrogen (secondary N) is 1. The summed E-state index contributed by atoms with van der Waals surface area (Å²) in [5.74, 6) is -6.79. The molecule has 0 spiro atoms. The molecule has 0 radical (unpaired) electrons. The summed E-state index contributed by atoms with van der Waals surface area (Å²) in [4.78, 5) is 73.6. The topological polar surface area (TPSA) is 179 Å². The predicted octanol–water partition coefficient (Wildman–Crippen LogP) is 0.857. The van der Waals surface area contributed by atoms with Crippen LogP contribution in [0.1, 0.15) is 73.1 Å². The molecule has 2 rings (SSSR count). The second-order valence-electron chi connectivity index (χ2n) is 9.81. The summed E-state index contributed by atoms with van der Waals surface area (Å²) in [6.45, 7) is 5.07. The molecule has 2 fully saturated rings. The van der Waals surface area contributed by atoms with Crippen LogP contribution in [-0.2, 0) is 61.9 Å². The van der Waals surface area contributed by atoms with Crippen molar-refractivity contribution in [2.24, 2.45) is 0 Å². The molecule has 0 aromatic heterocycles. The zero-order valence-corrected chi connectivity index (χ0v) is 23.7. The van der Waals surface area contributed by atoms with Crippen molar-refractivity contribution in [3.8, 4) is 0 Å². The first kappa shape index (κ1) is 32.9. The van der Waals surface area contributed by atoms with Gasteiger partial charge < -0.3 is 38.5 Å². The molecule has 226 valence electrons. The summed E-state index contributed by atoms with van der Waals surface area (Å²) in [6, 6.07) is -1.23. The Labute approximate surface area is 232 Å². The molecule has 14 heteroatoms. The summed E-state index contributed by atoms with van der Waals surface area (Å²) in [7, 11) is 1.12. The number of amides is 1. The lowest BCUT2D eigenvalue weighted by molar-refractivity contribution is -0.326. The lowest BCUT2D eigenvalue weighted by atomic mass is 9.87. The normalized spacial score (nSPS) is 26.4. The van der Waals surface area contributed by atoms with Crippen LogP contribution >= 0.6 is 0 Å². The first-order valence-electron chi connectivity index (χ1n) is 13.1. The van der Waals surface area contributed by atoms with Crippen molar-refractivity contribution in [1.82, 2.24) is 5.32 Å². The van der Waals surface area contributed by atoms with E-state index in [0.717, 1.165) is 54.1 Å². The van der Waals surface area contributed by atoms with E-state index in [9.17, 15) is 28.8 Å². The van der Waals surface area contributed by atoms with Gasteiger partial charge >= 0.3 is 29.8 Å². The highest BCUT2D eigenvalue weighted by Gasteiger charge is 2.60. The van der Waals surface area contributed by atoms with Crippen LogP contribution in [0, 0.1) is 0 Å². The average Bonchev–Trinajstić information content (AvgIpc) is 2.85. The number of hydrogen-bond acceptors (Lipinski definition) is 13. The van der Waals surface area contributed by atoms with Gasteiger partial charge in [0.15, 0.2) is 12.2 Å². The zero-order valence-electron chi connectivity index (χ0n) is 23.7. The van der Waals surface area contributed by atoms with Crippen molar-refractivity contribution < 1.29 is 61.9 Å². The van der Waals surface area contributed by atoms with Gasteiger partial charge in [0.2, 0.25) is 5.91 Å². The molecule has 0 unspecified atom stereocenters. The average molecular weight is 574 g/mol. The van der Waals surface area contributed by atoms with Gasteiger partial charge in [-0.05, 0) is 12.8 Å². The van der Waals surface area contributed by atoms with Crippen molar-refractivity contribution >= 4 is 35.8 Å². The number of methoxy groups -OCH3 is 1. The van der Waals surface area contributed by atoms with Crippen molar-refractivity contribution in [2.75, 3.05) is 13.7 Å². The highest BCUT2D eigenvalue weighted by molar-refractivity contribution is 5.79. The van der Waals surface area contributed by atoms with E-state index in [1.807, 2.05) is 0 Å². The summed E-state index contributed by atoms with van der Waals surface area (Å²) >= 11 is 0. The van der Waals surface area contributed by atoms with E-state index in [0.29, 0.717) is 12.8 Å². The molecule has 0 aromatic carbocycles. The minimum absolute atomic E-state index is 0.369. The Bertz CT molecular complexity index is 947. The lowest BCUT2D eigenvalue weighted by Crippen LogP contribution is -2.69. The maximum absolute atomic E-state index is 13.3. The zero-order chi connectivity index (χ0) is 30.0. The molecule has 1 heterocycles. The fourth-order valence-corrected chi connectivity index (χ4v) is 4.97. The molecule has 0 aromatic rings. The van der Waals surface area contributed by atoms with E-state index >= 15 is 0 Å². The maximum atomic E-state index is 13.3. The largest absolute Gasteiger partial charge is 0.465 e. The lowest BCUT2D eigenvalue weighted by Gasteiger charge is -2.49. The van der Waals surface area contributed by atoms with Crippen LogP contribution in [0.3, 0.4) is 0 Å². The molecule has 1 aliphatic heterocycles. The van der Waals surface area contributed by atoms with E-state index in [2.05, 4.69) is 5.32 Å². The van der Waals surface area contributed by atoms with Gasteiger partial charge in [-0.15, -0.1) is 0 Å². The highest BCUT2D eigenvalue weighted by Crippen LogP contribution is 2.39. The molecule has 6 atom stereocenters. The molecule has 1 amide bonds. The number of hydrogen-bond donors (Lipinski definition) is 1. The van der Waals surface area contributed by atoms with Gasteiger partial charge in [-0.1, -0.05) is 19.3 Å². The maximum Gasteiger partial charge on any atom is 0.366 e. The van der Waals surface area contributed by atoms with Crippen LogP contribution in [0.2, 0.25) is 0 Å². The Kier molecular flexibility index (Phi) is 12.3. The minimum Gasteiger partial charge on any atom is -0.465 e. The van der Waals surface area contributed by atoms with Gasteiger partial charge in [-0.3, -0.25) is 24.0 Å². The van der Waals surface area contributed by atoms with Crippen LogP contribution < -0.4 is 5.32 Å². The fourth-order valence-electron chi connectivity index (χ4n) is 4.97. The summed E-state index contributed by atoms with van der Waals surface area (Å²) in [6.07, 6.45) is -2.65. The quantitative estimate of drug-likeness (QED) is 0.272. The smallest absolute Gasteiger partial charge is 0.366 e. The summed E-state index contributed by atoms with van der Waals surface area (Å²) in [5, 5.41) is 2.62. The van der Waals surface area contributed by atoms with Crippen LogP contribution in [0.4, 0.5) is 0 Å². The monoisotopic (exact) mass is 573 g/mol.